The zero-order valence-corrected chi connectivity index (χ0v) is 62.1. The number of aryl methyl sites for hydroxylation is 6. The smallest absolute Gasteiger partial charge is 0.401 e. The van der Waals surface area contributed by atoms with E-state index < -0.39 is 14.2 Å². The fourth-order valence-corrected chi connectivity index (χ4v) is 10.5. The third kappa shape index (κ3) is 41.0. The number of nitrogens with zero attached hydrogens (tertiary/aromatic N) is 20. The Morgan fingerprint density at radius 1 is 0.271 bits per heavy atom. The number of amides is 8. The summed E-state index contributed by atoms with van der Waals surface area (Å²) < 4.78 is 13.9. The maximum absolute atomic E-state index is 9.43. The summed E-state index contributed by atoms with van der Waals surface area (Å²) in [4.78, 5) is 87.0. The molecule has 0 aliphatic carbocycles. The van der Waals surface area contributed by atoms with Crippen molar-refractivity contribution in [3.8, 4) is 0 Å². The minimum absolute atomic E-state index is 0. The van der Waals surface area contributed by atoms with Crippen LogP contribution in [0.4, 0.5) is 0 Å². The van der Waals surface area contributed by atoms with Crippen LogP contribution < -0.4 is 0 Å². The van der Waals surface area contributed by atoms with E-state index in [2.05, 4.69) is 30.6 Å². The Labute approximate surface area is 562 Å². The first kappa shape index (κ1) is 88.8. The van der Waals surface area contributed by atoms with Gasteiger partial charge in [-0.25, -0.2) is 30.6 Å². The summed E-state index contributed by atoms with van der Waals surface area (Å²) in [6, 6.07) is 0. The SMILES string of the molecule is CN(C)C=O.CN(C)C=O.CN(C)C=O.CN(C)C=O.CN(C)C=O.CN(C)C=O.CN(C)C=O.CN(C)C=O.Cc1nn([B-](n2nc(C)sc2=S)n2nc(C)sc2=S)c(=S)s1.Cc1nn([B-](n2nc(C)sc2=S)n2nc(C)sc2=S)c(=S)s1.[Fe+2]. The Bertz CT molecular complexity index is 2680. The van der Waals surface area contributed by atoms with Gasteiger partial charge in [0.25, 0.3) is 14.2 Å². The van der Waals surface area contributed by atoms with E-state index >= 15 is 0 Å². The first-order chi connectivity index (χ1) is 38.9. The quantitative estimate of drug-likeness (QED) is 0.0816. The van der Waals surface area contributed by atoms with Gasteiger partial charge in [0.1, 0.15) is 53.8 Å². The number of rotatable bonds is 14. The molecule has 8 amide bonds. The van der Waals surface area contributed by atoms with Crippen LogP contribution in [-0.4, -0.2) is 276 Å². The summed E-state index contributed by atoms with van der Waals surface area (Å²) in [6.45, 7) is 11.4. The van der Waals surface area contributed by atoms with Crippen LogP contribution in [0.3, 0.4) is 0 Å². The molecule has 0 aromatic carbocycles. The molecule has 28 nitrogen and oxygen atoms in total. The molecule has 0 fully saturated rings. The Hall–Kier alpha value is -4.91. The zero-order valence-electron chi connectivity index (χ0n) is 51.2. The standard InChI is InChI=1S/2C9H9BN6S6.8C3H7NO.Fe/c2*1-4-11-14(7(17)20-4)10(15-8(18)21-5(2)12-15)16-9(19)22-6(3)13-16;8*1-4(2)3-5;/h2*1-3H3;8*3H,1-2H3;/q2*-1;;;;;;;;;+2. The Morgan fingerprint density at radius 2 is 0.353 bits per heavy atom. The summed E-state index contributed by atoms with van der Waals surface area (Å²) in [5.74, 6) is 0. The van der Waals surface area contributed by atoms with E-state index in [-0.39, 0.29) is 17.1 Å². The second kappa shape index (κ2) is 49.1. The van der Waals surface area contributed by atoms with Gasteiger partial charge in [0.2, 0.25) is 51.3 Å². The number of hydrogen-bond donors (Lipinski definition) is 0. The van der Waals surface area contributed by atoms with Crippen LogP contribution in [0.25, 0.3) is 0 Å². The van der Waals surface area contributed by atoms with Crippen molar-refractivity contribution in [3.63, 3.8) is 0 Å². The fourth-order valence-electron chi connectivity index (χ4n) is 3.81. The van der Waals surface area contributed by atoms with Gasteiger partial charge in [-0.05, 0) is 41.5 Å². The normalized spacial score (nSPS) is 9.13. The summed E-state index contributed by atoms with van der Waals surface area (Å²) in [6.07, 6.45) is 6.00. The molecule has 6 aromatic heterocycles. The molecule has 476 valence electrons. The summed E-state index contributed by atoms with van der Waals surface area (Å²) in [5.41, 5.74) is 0. The maximum Gasteiger partial charge on any atom is 2.00 e. The predicted molar refractivity (Wildman–Crippen MR) is 356 cm³/mol. The van der Waals surface area contributed by atoms with Crippen molar-refractivity contribution < 1.29 is 55.4 Å². The van der Waals surface area contributed by atoms with Gasteiger partial charge in [-0.2, -0.15) is 0 Å². The maximum atomic E-state index is 9.43. The Kier molecular flexibility index (Phi) is 51.3. The first-order valence-corrected chi connectivity index (χ1v) is 30.6. The van der Waals surface area contributed by atoms with E-state index in [1.165, 1.54) is 107 Å². The number of hydrogen-bond acceptors (Lipinski definition) is 26. The molecule has 0 spiro atoms. The van der Waals surface area contributed by atoms with Crippen molar-refractivity contribution in [1.29, 1.82) is 0 Å². The van der Waals surface area contributed by atoms with Crippen molar-refractivity contribution in [1.82, 2.24) is 97.3 Å². The van der Waals surface area contributed by atoms with Gasteiger partial charge in [-0.15, -0.1) is 0 Å². The molecule has 6 heterocycles. The van der Waals surface area contributed by atoms with Crippen LogP contribution in [0.1, 0.15) is 30.0 Å². The second-order valence-electron chi connectivity index (χ2n) is 17.2. The molecule has 43 heteroatoms. The minimum Gasteiger partial charge on any atom is -0.401 e. The van der Waals surface area contributed by atoms with Gasteiger partial charge in [-0.1, -0.05) is 141 Å². The van der Waals surface area contributed by atoms with E-state index in [1.807, 2.05) is 41.5 Å². The van der Waals surface area contributed by atoms with Crippen molar-refractivity contribution in [2.45, 2.75) is 41.5 Å². The van der Waals surface area contributed by atoms with Crippen LogP contribution in [0.15, 0.2) is 0 Å². The largest absolute Gasteiger partial charge is 2.00 e. The molecular formula is C42H74B2FeN20O8S12. The average Bonchev–Trinajstić information content (AvgIpc) is 4.27. The average molecular weight is 1450 g/mol. The van der Waals surface area contributed by atoms with Crippen molar-refractivity contribution in [2.75, 3.05) is 113 Å². The molecule has 0 saturated heterocycles. The zero-order chi connectivity index (χ0) is 66.3. The molecule has 6 aromatic rings. The number of carbonyl (C=O) groups excluding carboxylic acids is 8. The second-order valence-corrected chi connectivity index (χ2v) is 28.2. The van der Waals surface area contributed by atoms with Crippen LogP contribution in [0, 0.1) is 65.3 Å². The van der Waals surface area contributed by atoms with E-state index in [1.54, 1.807) is 140 Å². The van der Waals surface area contributed by atoms with E-state index in [0.717, 1.165) is 81.3 Å². The third-order valence-corrected chi connectivity index (χ3v) is 14.1. The van der Waals surface area contributed by atoms with Crippen molar-refractivity contribution >= 4 is 207 Å². The third-order valence-electron chi connectivity index (χ3n) is 7.02. The van der Waals surface area contributed by atoms with Crippen molar-refractivity contribution in [3.05, 3.63) is 53.8 Å². The van der Waals surface area contributed by atoms with Crippen LogP contribution in [-0.2, 0) is 55.4 Å². The molecule has 0 unspecified atom stereocenters. The van der Waals surface area contributed by atoms with Gasteiger partial charge >= 0.3 is 17.1 Å². The Balaban J connectivity index is -0.000000310. The molecule has 0 saturated carbocycles. The molecule has 85 heavy (non-hydrogen) atoms. The molecule has 6 rings (SSSR count). The molecular weight excluding hydrogens is 1370 g/mol. The molecule has 0 atom stereocenters. The van der Waals surface area contributed by atoms with E-state index in [0.29, 0.717) is 23.7 Å². The minimum atomic E-state index is -0.507. The van der Waals surface area contributed by atoms with Gasteiger partial charge in [0.15, 0.2) is 0 Å². The molecule has 2 radical (unpaired) electrons. The Morgan fingerprint density at radius 3 is 0.400 bits per heavy atom. The first-order valence-electron chi connectivity index (χ1n) is 23.2. The monoisotopic (exact) mass is 1450 g/mol. The van der Waals surface area contributed by atoms with Gasteiger partial charge in [0.05, 0.1) is 0 Å². The summed E-state index contributed by atoms with van der Waals surface area (Å²) in [7, 11) is 26.0. The molecule has 0 N–H and O–H groups in total. The van der Waals surface area contributed by atoms with Gasteiger partial charge in [0, 0.05) is 113 Å². The van der Waals surface area contributed by atoms with Crippen LogP contribution in [0.2, 0.25) is 0 Å². The summed E-state index contributed by atoms with van der Waals surface area (Å²) in [5, 5.41) is 32.1. The number of aromatic nitrogens is 12. The topological polar surface area (TPSA) is 269 Å². The fraction of sp³-hybridized carbons (Fsp3) is 0.524. The van der Waals surface area contributed by atoms with E-state index in [9.17, 15) is 38.4 Å². The molecule has 0 aliphatic rings. The van der Waals surface area contributed by atoms with Crippen LogP contribution >= 0.6 is 141 Å². The van der Waals surface area contributed by atoms with Crippen LogP contribution in [0.5, 0.6) is 0 Å². The molecule has 0 aliphatic heterocycles. The van der Waals surface area contributed by atoms with Gasteiger partial charge < -0.3 is 66.8 Å². The molecule has 0 bridgehead atoms. The number of carbonyl (C=O) groups is 8. The van der Waals surface area contributed by atoms with E-state index in [4.69, 9.17) is 73.3 Å². The van der Waals surface area contributed by atoms with Gasteiger partial charge in [-0.3, -0.25) is 38.4 Å². The summed E-state index contributed by atoms with van der Waals surface area (Å²) >= 11 is 41.2. The van der Waals surface area contributed by atoms with Crippen molar-refractivity contribution in [2.24, 2.45) is 0 Å². The predicted octanol–water partition coefficient (Wildman–Crippen LogP) is 4.64.